The maximum Gasteiger partial charge on any atom is 0.329 e. The molecule has 0 unspecified atom stereocenters. The van der Waals surface area contributed by atoms with Gasteiger partial charge in [-0.1, -0.05) is 15.9 Å². The molecule has 10 nitrogen and oxygen atoms in total. The van der Waals surface area contributed by atoms with Crippen LogP contribution in [0.5, 0.6) is 11.5 Å². The highest BCUT2D eigenvalue weighted by Gasteiger charge is 2.15. The van der Waals surface area contributed by atoms with Crippen molar-refractivity contribution in [2.75, 3.05) is 31.7 Å². The zero-order chi connectivity index (χ0) is 27.2. The quantitative estimate of drug-likeness (QED) is 0.0965. The molecule has 0 aliphatic carbocycles. The van der Waals surface area contributed by atoms with Crippen LogP contribution >= 0.6 is 38.5 Å². The summed E-state index contributed by atoms with van der Waals surface area (Å²) in [7, 11) is 0. The first-order chi connectivity index (χ1) is 17.7. The average molecular weight is 689 g/mol. The maximum absolute atomic E-state index is 12.3. The Kier molecular flexibility index (Phi) is 13.4. The summed E-state index contributed by atoms with van der Waals surface area (Å²) < 4.78 is 18.4. The molecule has 2 rings (SSSR count). The Bertz CT molecular complexity index is 1100. The lowest BCUT2D eigenvalue weighted by Crippen LogP contribution is -2.38. The van der Waals surface area contributed by atoms with Gasteiger partial charge in [0.1, 0.15) is 0 Å². The van der Waals surface area contributed by atoms with E-state index in [1.54, 1.807) is 24.3 Å². The topological polar surface area (TPSA) is 127 Å². The van der Waals surface area contributed by atoms with Crippen LogP contribution in [-0.4, -0.2) is 56.4 Å². The van der Waals surface area contributed by atoms with Gasteiger partial charge in [0.2, 0.25) is 0 Å². The zero-order valence-electron chi connectivity index (χ0n) is 20.8. The summed E-state index contributed by atoms with van der Waals surface area (Å²) in [6.07, 6.45) is 2.10. The fourth-order valence-corrected chi connectivity index (χ4v) is 3.87. The minimum Gasteiger partial charge on any atom is -0.490 e. The van der Waals surface area contributed by atoms with Crippen LogP contribution in [0.15, 0.2) is 46.0 Å². The number of benzene rings is 2. The van der Waals surface area contributed by atoms with Gasteiger partial charge in [-0.15, -0.1) is 0 Å². The molecule has 0 atom stereocenters. The number of hydrogen-bond acceptors (Lipinski definition) is 7. The van der Waals surface area contributed by atoms with Crippen molar-refractivity contribution in [1.82, 2.24) is 10.7 Å². The summed E-state index contributed by atoms with van der Waals surface area (Å²) in [4.78, 5) is 36.1. The molecule has 2 aromatic carbocycles. The third kappa shape index (κ3) is 11.5. The first-order valence-corrected chi connectivity index (χ1v) is 13.4. The fraction of sp³-hybridized carbons (Fsp3) is 0.360. The van der Waals surface area contributed by atoms with E-state index in [9.17, 15) is 14.4 Å². The van der Waals surface area contributed by atoms with Crippen LogP contribution in [-0.2, 0) is 19.1 Å². The molecule has 0 aromatic heterocycles. The van der Waals surface area contributed by atoms with E-state index in [-0.39, 0.29) is 18.6 Å². The van der Waals surface area contributed by atoms with E-state index in [2.05, 4.69) is 59.7 Å². The second kappa shape index (κ2) is 16.2. The van der Waals surface area contributed by atoms with E-state index in [1.807, 2.05) is 32.9 Å². The maximum atomic E-state index is 12.3. The summed E-state index contributed by atoms with van der Waals surface area (Å²) in [5.74, 6) is -1.15. The summed E-state index contributed by atoms with van der Waals surface area (Å²) >= 11 is 5.41. The van der Waals surface area contributed by atoms with Gasteiger partial charge in [-0.25, -0.2) is 5.43 Å². The number of anilines is 1. The lowest BCUT2D eigenvalue weighted by Gasteiger charge is -2.14. The van der Waals surface area contributed by atoms with Crippen molar-refractivity contribution >= 4 is 68.1 Å². The number of carbonyl (C=O) groups excluding carboxylic acids is 3. The number of hydrogen-bond donors (Lipinski definition) is 3. The predicted octanol–water partition coefficient (Wildman–Crippen LogP) is 3.85. The molecule has 0 heterocycles. The third-order valence-corrected chi connectivity index (χ3v) is 5.78. The van der Waals surface area contributed by atoms with Crippen LogP contribution in [0.3, 0.4) is 0 Å². The van der Waals surface area contributed by atoms with E-state index in [4.69, 9.17) is 14.2 Å². The van der Waals surface area contributed by atoms with Gasteiger partial charge in [0.05, 0.1) is 22.5 Å². The van der Waals surface area contributed by atoms with Crippen LogP contribution in [0.2, 0.25) is 0 Å². The number of halogens is 2. The molecule has 0 saturated carbocycles. The first kappa shape index (κ1) is 30.5. The first-order valence-electron chi connectivity index (χ1n) is 11.6. The molecule has 0 bridgehead atoms. The lowest BCUT2D eigenvalue weighted by molar-refractivity contribution is -0.139. The van der Waals surface area contributed by atoms with Gasteiger partial charge >= 0.3 is 11.8 Å². The Hall–Kier alpha value is -2.71. The van der Waals surface area contributed by atoms with Crippen LogP contribution < -0.4 is 25.5 Å². The standard InChI is InChI=1S/C25H30BrIN4O6/c1-4-35-21-13-17(14-29-31-25(34)24(33)28-10-5-11-36-16(2)3)12-20(27)23(21)37-15-22(32)30-19-8-6-18(26)7-9-19/h6-9,12-14,16H,4-5,10-11,15H2,1-3H3,(H,28,33)(H,30,32)(H,31,34)/b29-14-. The Balaban J connectivity index is 1.92. The predicted molar refractivity (Wildman–Crippen MR) is 153 cm³/mol. The molecular weight excluding hydrogens is 659 g/mol. The fourth-order valence-electron chi connectivity index (χ4n) is 2.82. The Morgan fingerprint density at radius 1 is 1.11 bits per heavy atom. The number of ether oxygens (including phenoxy) is 3. The molecular formula is C25H30BrIN4O6. The van der Waals surface area contributed by atoms with Gasteiger partial charge < -0.3 is 24.8 Å². The summed E-state index contributed by atoms with van der Waals surface area (Å²) in [5, 5.41) is 9.13. The molecule has 0 aliphatic heterocycles. The summed E-state index contributed by atoms with van der Waals surface area (Å²) in [6, 6.07) is 10.6. The molecule has 12 heteroatoms. The highest BCUT2D eigenvalue weighted by molar-refractivity contribution is 14.1. The molecule has 2 aromatic rings. The Morgan fingerprint density at radius 3 is 2.51 bits per heavy atom. The van der Waals surface area contributed by atoms with E-state index in [0.717, 1.165) is 4.47 Å². The Labute approximate surface area is 238 Å². The normalized spacial score (nSPS) is 10.9. The number of amides is 3. The molecule has 0 aliphatic rings. The van der Waals surface area contributed by atoms with Gasteiger partial charge in [0.25, 0.3) is 5.91 Å². The van der Waals surface area contributed by atoms with Crippen LogP contribution in [0.4, 0.5) is 5.69 Å². The minimum atomic E-state index is -0.877. The van der Waals surface area contributed by atoms with E-state index in [0.29, 0.717) is 52.5 Å². The molecule has 3 N–H and O–H groups in total. The number of hydrazone groups is 1. The lowest BCUT2D eigenvalue weighted by atomic mass is 10.2. The van der Waals surface area contributed by atoms with Crippen molar-refractivity contribution < 1.29 is 28.6 Å². The summed E-state index contributed by atoms with van der Waals surface area (Å²) in [6.45, 7) is 6.65. The SMILES string of the molecule is CCOc1cc(/C=N\NC(=O)C(=O)NCCCOC(C)C)cc(I)c1OCC(=O)Nc1ccc(Br)cc1. The van der Waals surface area contributed by atoms with Crippen LogP contribution in [0, 0.1) is 3.57 Å². The van der Waals surface area contributed by atoms with Crippen molar-refractivity contribution in [3.8, 4) is 11.5 Å². The van der Waals surface area contributed by atoms with Crippen LogP contribution in [0.1, 0.15) is 32.8 Å². The van der Waals surface area contributed by atoms with Gasteiger partial charge in [0.15, 0.2) is 18.1 Å². The monoisotopic (exact) mass is 688 g/mol. The van der Waals surface area contributed by atoms with Crippen molar-refractivity contribution in [3.63, 3.8) is 0 Å². The number of carbonyl (C=O) groups is 3. The molecule has 3 amide bonds. The van der Waals surface area contributed by atoms with Crippen molar-refractivity contribution in [2.45, 2.75) is 33.3 Å². The third-order valence-electron chi connectivity index (χ3n) is 4.45. The largest absolute Gasteiger partial charge is 0.490 e. The highest BCUT2D eigenvalue weighted by Crippen LogP contribution is 2.34. The second-order valence-electron chi connectivity index (χ2n) is 7.83. The zero-order valence-corrected chi connectivity index (χ0v) is 24.6. The van der Waals surface area contributed by atoms with Crippen molar-refractivity contribution in [2.24, 2.45) is 5.10 Å². The number of rotatable bonds is 13. The molecule has 0 spiro atoms. The van der Waals surface area contributed by atoms with Crippen LogP contribution in [0.25, 0.3) is 0 Å². The number of nitrogens with one attached hydrogen (secondary N) is 3. The number of nitrogens with zero attached hydrogens (tertiary/aromatic N) is 1. The summed E-state index contributed by atoms with van der Waals surface area (Å²) in [5.41, 5.74) is 3.45. The van der Waals surface area contributed by atoms with Gasteiger partial charge in [-0.2, -0.15) is 5.10 Å². The van der Waals surface area contributed by atoms with E-state index < -0.39 is 11.8 Å². The molecule has 200 valence electrons. The molecule has 0 saturated heterocycles. The smallest absolute Gasteiger partial charge is 0.329 e. The van der Waals surface area contributed by atoms with E-state index in [1.165, 1.54) is 6.21 Å². The average Bonchev–Trinajstić information content (AvgIpc) is 2.84. The second-order valence-corrected chi connectivity index (χ2v) is 9.91. The van der Waals surface area contributed by atoms with Crippen molar-refractivity contribution in [1.29, 1.82) is 0 Å². The Morgan fingerprint density at radius 2 is 1.84 bits per heavy atom. The van der Waals surface area contributed by atoms with Gasteiger partial charge in [-0.05, 0) is 91.7 Å². The van der Waals surface area contributed by atoms with Gasteiger partial charge in [-0.3, -0.25) is 14.4 Å². The highest BCUT2D eigenvalue weighted by atomic mass is 127. The van der Waals surface area contributed by atoms with Gasteiger partial charge in [0, 0.05) is 23.3 Å². The molecule has 37 heavy (non-hydrogen) atoms. The molecule has 0 radical (unpaired) electrons. The van der Waals surface area contributed by atoms with Crippen molar-refractivity contribution in [3.05, 3.63) is 50.0 Å². The minimum absolute atomic E-state index is 0.113. The van der Waals surface area contributed by atoms with E-state index >= 15 is 0 Å². The molecule has 0 fully saturated rings.